The molecule has 2 aliphatic heterocycles. The van der Waals surface area contributed by atoms with E-state index in [0.717, 1.165) is 41.9 Å². The van der Waals surface area contributed by atoms with E-state index >= 15 is 0 Å². The van der Waals surface area contributed by atoms with E-state index in [0.29, 0.717) is 49.2 Å². The molecule has 2 aromatic rings. The van der Waals surface area contributed by atoms with Gasteiger partial charge in [-0.2, -0.15) is 5.26 Å². The first kappa shape index (κ1) is 28.7. The lowest BCUT2D eigenvalue weighted by atomic mass is 9.73. The monoisotopic (exact) mass is 538 g/mol. The van der Waals surface area contributed by atoms with E-state index in [1.165, 1.54) is 0 Å². The van der Waals surface area contributed by atoms with Gasteiger partial charge in [0.1, 0.15) is 5.41 Å². The molecule has 0 spiro atoms. The van der Waals surface area contributed by atoms with Gasteiger partial charge in [0, 0.05) is 23.7 Å². The van der Waals surface area contributed by atoms with Crippen molar-refractivity contribution in [2.45, 2.75) is 72.3 Å². The van der Waals surface area contributed by atoms with Crippen molar-refractivity contribution in [2.24, 2.45) is 11.3 Å². The van der Waals surface area contributed by atoms with Gasteiger partial charge >= 0.3 is 0 Å². The number of rotatable bonds is 12. The van der Waals surface area contributed by atoms with Gasteiger partial charge in [-0.25, -0.2) is 0 Å². The Kier molecular flexibility index (Phi) is 9.01. The maximum absolute atomic E-state index is 10.4. The summed E-state index contributed by atoms with van der Waals surface area (Å²) in [6, 6.07) is 10.5. The normalized spacial score (nSPS) is 18.3. The Morgan fingerprint density at radius 2 is 1.54 bits per heavy atom. The second kappa shape index (κ2) is 12.3. The molecule has 0 saturated carbocycles. The van der Waals surface area contributed by atoms with Crippen LogP contribution in [-0.2, 0) is 13.0 Å². The molecule has 2 aliphatic rings. The molecule has 0 aromatic heterocycles. The third-order valence-corrected chi connectivity index (χ3v) is 8.09. The minimum atomic E-state index is -0.765. The van der Waals surface area contributed by atoms with Crippen molar-refractivity contribution in [1.82, 2.24) is 4.90 Å². The first-order valence-electron chi connectivity index (χ1n) is 13.9. The fourth-order valence-electron chi connectivity index (χ4n) is 5.85. The average molecular weight is 539 g/mol. The standard InChI is InChI=1S/C31H42N2O6/c1-8-36-26-22-17-21(33(5)18-23(22)27(37-9-2)29(35-7)28(26)34-6)13-12-16-31(19-32,20(3)4)30-38-24-14-10-11-15-25(24)39-30/h10-11,14-15,20-21,30H,8-9,12-13,16-18H2,1-7H3. The molecule has 0 radical (unpaired) electrons. The number of para-hydroxylation sites is 2. The summed E-state index contributed by atoms with van der Waals surface area (Å²) in [7, 11) is 5.40. The van der Waals surface area contributed by atoms with Crippen molar-refractivity contribution in [2.75, 3.05) is 34.5 Å². The summed E-state index contributed by atoms with van der Waals surface area (Å²) in [5.74, 6) is 4.05. The zero-order valence-electron chi connectivity index (χ0n) is 24.3. The van der Waals surface area contributed by atoms with Crippen LogP contribution < -0.4 is 28.4 Å². The molecule has 212 valence electrons. The maximum atomic E-state index is 10.4. The highest BCUT2D eigenvalue weighted by molar-refractivity contribution is 5.68. The number of nitrogens with zero attached hydrogens (tertiary/aromatic N) is 2. The third kappa shape index (κ3) is 5.29. The fourth-order valence-corrected chi connectivity index (χ4v) is 5.85. The smallest absolute Gasteiger partial charge is 0.260 e. The Balaban J connectivity index is 1.56. The molecule has 2 heterocycles. The highest BCUT2D eigenvalue weighted by Crippen LogP contribution is 2.52. The van der Waals surface area contributed by atoms with E-state index in [4.69, 9.17) is 28.4 Å². The van der Waals surface area contributed by atoms with Crippen molar-refractivity contribution in [3.63, 3.8) is 0 Å². The van der Waals surface area contributed by atoms with E-state index in [2.05, 4.69) is 31.9 Å². The second-order valence-electron chi connectivity index (χ2n) is 10.5. The molecule has 39 heavy (non-hydrogen) atoms. The Morgan fingerprint density at radius 1 is 0.974 bits per heavy atom. The van der Waals surface area contributed by atoms with Gasteiger partial charge in [-0.05, 0) is 64.6 Å². The minimum absolute atomic E-state index is 0.0571. The Hall–Kier alpha value is -3.31. The number of methoxy groups -OCH3 is 2. The van der Waals surface area contributed by atoms with Crippen molar-refractivity contribution in [3.05, 3.63) is 35.4 Å². The number of benzene rings is 2. The van der Waals surface area contributed by atoms with Crippen LogP contribution >= 0.6 is 0 Å². The summed E-state index contributed by atoms with van der Waals surface area (Å²) in [6.07, 6.45) is 2.59. The summed E-state index contributed by atoms with van der Waals surface area (Å²) in [4.78, 5) is 2.36. The van der Waals surface area contributed by atoms with Crippen LogP contribution in [0.25, 0.3) is 0 Å². The molecule has 0 bridgehead atoms. The van der Waals surface area contributed by atoms with Crippen LogP contribution in [0.2, 0.25) is 0 Å². The molecule has 0 fully saturated rings. The predicted molar refractivity (Wildman–Crippen MR) is 149 cm³/mol. The third-order valence-electron chi connectivity index (χ3n) is 8.09. The van der Waals surface area contributed by atoms with Gasteiger partial charge in [0.15, 0.2) is 23.0 Å². The Morgan fingerprint density at radius 3 is 2.03 bits per heavy atom. The van der Waals surface area contributed by atoms with Gasteiger partial charge in [-0.1, -0.05) is 26.0 Å². The Labute approximate surface area is 232 Å². The molecule has 2 aromatic carbocycles. The number of nitriles is 1. The maximum Gasteiger partial charge on any atom is 0.260 e. The van der Waals surface area contributed by atoms with Gasteiger partial charge in [0.2, 0.25) is 11.5 Å². The Bertz CT molecular complexity index is 1170. The topological polar surface area (TPSA) is 82.4 Å². The lowest BCUT2D eigenvalue weighted by Crippen LogP contribution is -2.44. The SMILES string of the molecule is CCOc1c2c(c(OCC)c(OC)c1OC)CN(C)C(CCCC(C#N)(C(C)C)C1Oc3ccccc3O1)C2. The van der Waals surface area contributed by atoms with Crippen LogP contribution in [0.3, 0.4) is 0 Å². The van der Waals surface area contributed by atoms with E-state index in [1.54, 1.807) is 14.2 Å². The van der Waals surface area contributed by atoms with Crippen LogP contribution in [0, 0.1) is 22.7 Å². The molecule has 0 amide bonds. The summed E-state index contributed by atoms with van der Waals surface area (Å²) in [5, 5.41) is 10.4. The zero-order valence-corrected chi connectivity index (χ0v) is 24.3. The molecule has 0 saturated heterocycles. The van der Waals surface area contributed by atoms with Crippen molar-refractivity contribution in [1.29, 1.82) is 5.26 Å². The minimum Gasteiger partial charge on any atom is -0.490 e. The van der Waals surface area contributed by atoms with E-state index < -0.39 is 11.7 Å². The fraction of sp³-hybridized carbons (Fsp3) is 0.581. The van der Waals surface area contributed by atoms with Crippen LogP contribution in [0.1, 0.15) is 58.1 Å². The lowest BCUT2D eigenvalue weighted by molar-refractivity contribution is -0.0656. The first-order chi connectivity index (χ1) is 18.8. The number of fused-ring (bicyclic) bond motifs is 2. The number of likely N-dealkylation sites (N-methyl/N-ethyl adjacent to an activating group) is 1. The zero-order chi connectivity index (χ0) is 28.2. The molecule has 8 heteroatoms. The number of hydrogen-bond donors (Lipinski definition) is 0. The summed E-state index contributed by atoms with van der Waals surface area (Å²) in [5.41, 5.74) is 1.42. The molecule has 0 aliphatic carbocycles. The molecule has 0 N–H and O–H groups in total. The van der Waals surface area contributed by atoms with E-state index in [-0.39, 0.29) is 12.0 Å². The summed E-state index contributed by atoms with van der Waals surface area (Å²) in [6.45, 7) is 9.83. The highest BCUT2D eigenvalue weighted by atomic mass is 16.7. The van der Waals surface area contributed by atoms with Crippen LogP contribution in [0.15, 0.2) is 24.3 Å². The molecule has 8 nitrogen and oxygen atoms in total. The van der Waals surface area contributed by atoms with Gasteiger partial charge < -0.3 is 28.4 Å². The molecular weight excluding hydrogens is 496 g/mol. The molecular formula is C31H42N2O6. The van der Waals surface area contributed by atoms with E-state index in [9.17, 15) is 5.26 Å². The summed E-state index contributed by atoms with van der Waals surface area (Å²) < 4.78 is 36.0. The van der Waals surface area contributed by atoms with Crippen molar-refractivity contribution < 1.29 is 28.4 Å². The van der Waals surface area contributed by atoms with Crippen LogP contribution in [-0.4, -0.2) is 51.7 Å². The largest absolute Gasteiger partial charge is 0.490 e. The highest BCUT2D eigenvalue weighted by Gasteiger charge is 2.48. The van der Waals surface area contributed by atoms with Crippen LogP contribution in [0.5, 0.6) is 34.5 Å². The lowest BCUT2D eigenvalue weighted by Gasteiger charge is -2.38. The quantitative estimate of drug-likeness (QED) is 0.326. The number of hydrogen-bond acceptors (Lipinski definition) is 8. The van der Waals surface area contributed by atoms with Gasteiger partial charge in [-0.15, -0.1) is 0 Å². The first-order valence-corrected chi connectivity index (χ1v) is 13.9. The van der Waals surface area contributed by atoms with Crippen molar-refractivity contribution >= 4 is 0 Å². The summed E-state index contributed by atoms with van der Waals surface area (Å²) >= 11 is 0. The average Bonchev–Trinajstić information content (AvgIpc) is 3.37. The van der Waals surface area contributed by atoms with Crippen LogP contribution in [0.4, 0.5) is 0 Å². The second-order valence-corrected chi connectivity index (χ2v) is 10.5. The van der Waals surface area contributed by atoms with Gasteiger partial charge in [0.25, 0.3) is 6.29 Å². The van der Waals surface area contributed by atoms with Crippen molar-refractivity contribution in [3.8, 4) is 40.6 Å². The molecule has 2 unspecified atom stereocenters. The van der Waals surface area contributed by atoms with E-state index in [1.807, 2.05) is 38.1 Å². The molecule has 2 atom stereocenters. The number of ether oxygens (including phenoxy) is 6. The van der Waals surface area contributed by atoms with Gasteiger partial charge in [0.05, 0.1) is 33.5 Å². The predicted octanol–water partition coefficient (Wildman–Crippen LogP) is 5.99. The molecule has 4 rings (SSSR count). The van der Waals surface area contributed by atoms with Gasteiger partial charge in [-0.3, -0.25) is 4.90 Å².